The molecule has 24 aromatic carbocycles. The SMILES string of the molecule is [2H]c1c([2H])c(-c2c3c([2H])c([2H])c([2H])c([2H])c3c(-c3c([2H])c([2H])c4c([2H])c([2H])c([2H])c([2H])c4c3[2H])c3c([2H])c([2H])c([2H])c([2H])c23)c2c(oc3c([2H])c4c([2H])c([2H])c([2H])c([2H])c4c([2H])c32)c1[2H].[2H]c1c([2H])c([2H])c2c(-c3c4c([2H])c([2H])c([2H])c([2H])c4c(-c4cccc5oc6cc7ccccc7cc6c45)c4c([2H])c([2H])c([2H])c([2H])c34)c([2H])c([2H])c([2H])c2c1[2H].[2H]c1c([2H])c([2H])c2c([2H])c(-c3c4c([2H])c([2H])c([2H])c([2H])c4c(-c4cccc5oc6cc7ccccc7cc6c45)c4c([2H])c([2H])c([2H])c([2H])c34)c([2H])c([2H])c2c1[2H]. The summed E-state index contributed by atoms with van der Waals surface area (Å²) in [4.78, 5) is 0. The quantitative estimate of drug-likeness (QED) is 0.156. The Kier molecular flexibility index (Phi) is 8.04. The van der Waals surface area contributed by atoms with E-state index in [4.69, 9.17) is 61.2 Å². The van der Waals surface area contributed by atoms with E-state index in [1.807, 2.05) is 72.8 Å². The predicted octanol–water partition coefficient (Wildman–Crippen LogP) is 34.6. The van der Waals surface area contributed by atoms with Crippen LogP contribution in [-0.4, -0.2) is 0 Å². The lowest BCUT2D eigenvalue weighted by atomic mass is 9.84. The van der Waals surface area contributed by atoms with Gasteiger partial charge < -0.3 is 13.3 Å². The molecular formula is C120H72O3. The van der Waals surface area contributed by atoms with Crippen LogP contribution in [0.4, 0.5) is 0 Å². The van der Waals surface area contributed by atoms with E-state index in [-0.39, 0.29) is 65.3 Å². The zero-order valence-corrected chi connectivity index (χ0v) is 62.6. The molecule has 0 saturated heterocycles. The zero-order valence-electron chi connectivity index (χ0n) is 117. The van der Waals surface area contributed by atoms with E-state index in [2.05, 4.69) is 0 Å². The molecule has 570 valence electrons. The van der Waals surface area contributed by atoms with Gasteiger partial charge in [0.15, 0.2) is 0 Å². The van der Waals surface area contributed by atoms with Gasteiger partial charge in [0.2, 0.25) is 0 Å². The summed E-state index contributed by atoms with van der Waals surface area (Å²) in [7, 11) is 0. The first-order valence-electron chi connectivity index (χ1n) is 64.9. The summed E-state index contributed by atoms with van der Waals surface area (Å²) in [6.45, 7) is 0. The molecule has 0 fully saturated rings. The Bertz CT molecular complexity index is 12400. The van der Waals surface area contributed by atoms with Crippen molar-refractivity contribution in [3.8, 4) is 66.8 Å². The van der Waals surface area contributed by atoms with Crippen LogP contribution in [0.25, 0.3) is 262 Å². The van der Waals surface area contributed by atoms with Crippen molar-refractivity contribution in [2.75, 3.05) is 0 Å². The van der Waals surface area contributed by atoms with Gasteiger partial charge in [-0.05, 0) is 263 Å². The molecule has 0 amide bonds. The Balaban J connectivity index is 0.000000132. The summed E-state index contributed by atoms with van der Waals surface area (Å²) in [5.74, 6) is 0. The molecule has 0 bridgehead atoms. The van der Waals surface area contributed by atoms with Gasteiger partial charge >= 0.3 is 0 Å². The third kappa shape index (κ3) is 11.3. The van der Waals surface area contributed by atoms with Gasteiger partial charge in [-0.2, -0.15) is 0 Å². The minimum atomic E-state index is -0.944. The van der Waals surface area contributed by atoms with Gasteiger partial charge in [-0.15, -0.1) is 0 Å². The smallest absolute Gasteiger partial charge is 0.136 e. The Labute approximate surface area is 782 Å². The minimum Gasteiger partial charge on any atom is -0.456 e. The van der Waals surface area contributed by atoms with E-state index >= 15 is 0 Å². The molecule has 123 heavy (non-hydrogen) atoms. The molecule has 3 heteroatoms. The summed E-state index contributed by atoms with van der Waals surface area (Å²) in [6.07, 6.45) is 0. The number of hydrogen-bond acceptors (Lipinski definition) is 3. The monoisotopic (exact) mass is 1610 g/mol. The fourth-order valence-electron chi connectivity index (χ4n) is 16.8. The van der Waals surface area contributed by atoms with Gasteiger partial charge in [0.25, 0.3) is 0 Å². The Morgan fingerprint density at radius 3 is 0.894 bits per heavy atom. The first-order valence-corrected chi connectivity index (χ1v) is 37.9. The lowest BCUT2D eigenvalue weighted by Gasteiger charge is -2.19. The van der Waals surface area contributed by atoms with E-state index in [0.29, 0.717) is 55.0 Å². The van der Waals surface area contributed by atoms with Gasteiger partial charge in [0, 0.05) is 32.3 Å². The second kappa shape index (κ2) is 28.3. The van der Waals surface area contributed by atoms with E-state index < -0.39 is 446 Å². The zero-order chi connectivity index (χ0) is 128. The van der Waals surface area contributed by atoms with Crippen LogP contribution in [0.5, 0.6) is 0 Å². The largest absolute Gasteiger partial charge is 0.456 e. The summed E-state index contributed by atoms with van der Waals surface area (Å²) in [5.41, 5.74) is -3.04. The predicted molar refractivity (Wildman–Crippen MR) is 524 cm³/mol. The second-order valence-electron chi connectivity index (χ2n) is 28.5. The molecule has 3 aromatic heterocycles. The molecule has 27 aromatic rings. The lowest BCUT2D eigenvalue weighted by molar-refractivity contribution is 0.669. The Morgan fingerprint density at radius 1 is 0.154 bits per heavy atom. The van der Waals surface area contributed by atoms with E-state index in [0.717, 1.165) is 21.5 Å². The Morgan fingerprint density at radius 2 is 0.463 bits per heavy atom. The number of rotatable bonds is 6. The molecule has 3 nitrogen and oxygen atoms in total. The van der Waals surface area contributed by atoms with Crippen LogP contribution >= 0.6 is 0 Å². The van der Waals surface area contributed by atoms with Crippen LogP contribution in [0.3, 0.4) is 0 Å². The van der Waals surface area contributed by atoms with Crippen molar-refractivity contribution in [3.63, 3.8) is 0 Å². The van der Waals surface area contributed by atoms with Crippen LogP contribution in [0, 0.1) is 0 Å². The van der Waals surface area contributed by atoms with Crippen molar-refractivity contribution in [1.82, 2.24) is 0 Å². The normalized spacial score (nSPS) is 18.0. The second-order valence-corrected chi connectivity index (χ2v) is 28.5. The number of fused-ring (bicyclic) bond motifs is 21. The molecule has 27 rings (SSSR count). The first-order chi connectivity index (χ1) is 83.5. The highest BCUT2D eigenvalue weighted by molar-refractivity contribution is 6.31. The molecule has 0 atom stereocenters. The van der Waals surface area contributed by atoms with E-state index in [1.165, 1.54) is 0 Å². The summed E-state index contributed by atoms with van der Waals surface area (Å²) < 4.78 is 501. The molecule has 0 radical (unpaired) electrons. The van der Waals surface area contributed by atoms with Crippen molar-refractivity contribution in [3.05, 3.63) is 435 Å². The lowest BCUT2D eigenvalue weighted by Crippen LogP contribution is -1.92. The van der Waals surface area contributed by atoms with Gasteiger partial charge in [-0.3, -0.25) is 0 Å². The number of hydrogen-bond donors (Lipinski definition) is 0. The molecule has 0 saturated carbocycles. The molecule has 0 spiro atoms. The van der Waals surface area contributed by atoms with E-state index in [1.54, 1.807) is 36.4 Å². The maximum absolute atomic E-state index is 9.45. The molecule has 0 N–H and O–H groups in total. The first kappa shape index (κ1) is 35.0. The highest BCUT2D eigenvalue weighted by atomic mass is 16.3. The van der Waals surface area contributed by atoms with Crippen LogP contribution in [-0.2, 0) is 0 Å². The number of benzene rings is 24. The molecule has 0 aliphatic carbocycles. The van der Waals surface area contributed by atoms with Gasteiger partial charge in [-0.1, -0.05) is 369 Å². The van der Waals surface area contributed by atoms with Crippen LogP contribution in [0.2, 0.25) is 0 Å². The Hall–Kier alpha value is -16.2. The molecule has 0 aliphatic rings. The molecular weight excluding hydrogens is 1490 g/mol. The molecule has 0 aliphatic heterocycles. The average Bonchev–Trinajstić information content (AvgIpc) is 1.67. The highest BCUT2D eigenvalue weighted by Gasteiger charge is 2.26. The van der Waals surface area contributed by atoms with Gasteiger partial charge in [0.1, 0.15) is 33.5 Å². The van der Waals surface area contributed by atoms with Gasteiger partial charge in [-0.25, -0.2) is 0 Å². The third-order valence-corrected chi connectivity index (χ3v) is 21.9. The van der Waals surface area contributed by atoms with Crippen molar-refractivity contribution < 1.29 is 87.3 Å². The maximum Gasteiger partial charge on any atom is 0.136 e. The van der Waals surface area contributed by atoms with Crippen molar-refractivity contribution in [2.24, 2.45) is 0 Å². The third-order valence-electron chi connectivity index (χ3n) is 21.9. The summed E-state index contributed by atoms with van der Waals surface area (Å²) in [5, 5.41) is -3.56. The fourth-order valence-corrected chi connectivity index (χ4v) is 16.8. The highest BCUT2D eigenvalue weighted by Crippen LogP contribution is 2.53. The summed E-state index contributed by atoms with van der Waals surface area (Å²) in [6, 6.07) is -7.80. The minimum absolute atomic E-state index is 0.0140. The maximum atomic E-state index is 9.45. The van der Waals surface area contributed by atoms with Crippen LogP contribution in [0.1, 0.15) is 74.0 Å². The summed E-state index contributed by atoms with van der Waals surface area (Å²) >= 11 is 0. The van der Waals surface area contributed by atoms with Crippen molar-refractivity contribution >= 4 is 195 Å². The van der Waals surface area contributed by atoms with Crippen LogP contribution < -0.4 is 0 Å². The van der Waals surface area contributed by atoms with Crippen molar-refractivity contribution in [2.45, 2.75) is 0 Å². The average molecular weight is 1620 g/mol. The van der Waals surface area contributed by atoms with Crippen LogP contribution in [0.15, 0.2) is 449 Å². The topological polar surface area (TPSA) is 39.4 Å². The number of furan rings is 3. The van der Waals surface area contributed by atoms with Gasteiger partial charge in [0.05, 0.1) is 74.0 Å². The molecule has 3 heterocycles. The standard InChI is InChI=1S/3C40H24O/c1-2-13-27-24-37-35(23-26(27)12-1)40-34(21-10-22-36(40)41-37)39-32-18-7-5-16-30(32)38(31-17-6-8-19-33(31)39)29-20-9-14-25-11-3-4-15-28(25)29;2*1-2-11-26-22-29(21-20-25(26)10-1)38-30-14-5-7-16-32(30)39(33-17-8-6-15-31(33)38)34-18-9-19-36-40(34)35-23-27-12-3-4-13-28(27)24-37(35)41-36/h3*1-24H/i3D,4D,5D,6D,7D,8D,9D,11D,14D,15D,16D,17D,18D,19D,20D;1D,2D,3D,4D,5D,6D,7D,8D,9D,10D,11D,12D,13D,14D,15D,16D,17D,18D,19D,20D,21D,22D,23D,24D;1D,2D,5D,6D,7D,8D,10D,11D,14D,15D,16D,17D,20D,21D,22D. The van der Waals surface area contributed by atoms with Crippen molar-refractivity contribution in [1.29, 1.82) is 0 Å². The fraction of sp³-hybridized carbons (Fsp3) is 0. The molecule has 0 unspecified atom stereocenters. The van der Waals surface area contributed by atoms with E-state index in [9.17, 15) is 26.0 Å².